The number of benzene rings is 2. The summed E-state index contributed by atoms with van der Waals surface area (Å²) in [6.45, 7) is 3.62. The Kier molecular flexibility index (Phi) is 7.13. The minimum atomic E-state index is -4.08. The summed E-state index contributed by atoms with van der Waals surface area (Å²) in [6.07, 6.45) is 0. The largest absolute Gasteiger partial charge is 0.486 e. The number of urea groups is 1. The van der Waals surface area contributed by atoms with Crippen LogP contribution in [0.1, 0.15) is 19.4 Å². The van der Waals surface area contributed by atoms with Crippen molar-refractivity contribution in [3.8, 4) is 11.5 Å². The van der Waals surface area contributed by atoms with Crippen LogP contribution < -0.4 is 20.1 Å². The lowest BCUT2D eigenvalue weighted by Gasteiger charge is -2.23. The van der Waals surface area contributed by atoms with Gasteiger partial charge in [0.25, 0.3) is 0 Å². The van der Waals surface area contributed by atoms with Crippen molar-refractivity contribution in [1.82, 2.24) is 14.9 Å². The maximum absolute atomic E-state index is 13.4. The zero-order valence-corrected chi connectivity index (χ0v) is 18.1. The zero-order chi connectivity index (χ0) is 22.4. The Bertz CT molecular complexity index is 1040. The molecule has 1 aliphatic heterocycles. The first-order valence-corrected chi connectivity index (χ1v) is 11.2. The molecule has 0 saturated heterocycles. The minimum absolute atomic E-state index is 0.0351. The van der Waals surface area contributed by atoms with Crippen LogP contribution in [-0.4, -0.2) is 50.5 Å². The molecule has 9 nitrogen and oxygen atoms in total. The molecule has 0 saturated carbocycles. The Morgan fingerprint density at radius 2 is 1.71 bits per heavy atom. The molecule has 2 aromatic carbocycles. The van der Waals surface area contributed by atoms with Crippen molar-refractivity contribution in [3.63, 3.8) is 0 Å². The Labute approximate surface area is 181 Å². The van der Waals surface area contributed by atoms with Crippen LogP contribution in [0.25, 0.3) is 0 Å². The van der Waals surface area contributed by atoms with Crippen molar-refractivity contribution in [2.75, 3.05) is 19.8 Å². The van der Waals surface area contributed by atoms with E-state index in [-0.39, 0.29) is 17.5 Å². The molecule has 2 aromatic rings. The number of ether oxygens (including phenoxy) is 2. The molecular weight excluding hydrogens is 422 g/mol. The van der Waals surface area contributed by atoms with Crippen LogP contribution >= 0.6 is 0 Å². The average Bonchev–Trinajstić information content (AvgIpc) is 2.73. The predicted octanol–water partition coefficient (Wildman–Crippen LogP) is 1.88. The van der Waals surface area contributed by atoms with Gasteiger partial charge in [0.1, 0.15) is 13.2 Å². The number of nitrogens with one attached hydrogen (secondary N) is 2. The van der Waals surface area contributed by atoms with E-state index in [1.54, 1.807) is 38.1 Å². The lowest BCUT2D eigenvalue weighted by molar-refractivity contribution is -0.120. The molecular formula is C21H25N3O6S. The lowest BCUT2D eigenvalue weighted by Crippen LogP contribution is -2.47. The van der Waals surface area contributed by atoms with E-state index < -0.39 is 28.5 Å². The molecule has 0 aromatic heterocycles. The van der Waals surface area contributed by atoms with Crippen molar-refractivity contribution < 1.29 is 27.5 Å². The molecule has 1 heterocycles. The molecule has 3 rings (SSSR count). The summed E-state index contributed by atoms with van der Waals surface area (Å²) >= 11 is 0. The Balaban J connectivity index is 1.86. The third-order valence-electron chi connectivity index (χ3n) is 4.35. The highest BCUT2D eigenvalue weighted by atomic mass is 32.2. The van der Waals surface area contributed by atoms with Crippen LogP contribution in [0.5, 0.6) is 11.5 Å². The highest BCUT2D eigenvalue weighted by molar-refractivity contribution is 7.89. The fourth-order valence-corrected chi connectivity index (χ4v) is 4.37. The third kappa shape index (κ3) is 5.96. The van der Waals surface area contributed by atoms with Gasteiger partial charge in [0.05, 0.1) is 11.4 Å². The fourth-order valence-electron chi connectivity index (χ4n) is 2.97. The summed E-state index contributed by atoms with van der Waals surface area (Å²) in [6, 6.07) is 12.3. The summed E-state index contributed by atoms with van der Waals surface area (Å²) in [5.74, 6) is 0.0471. The molecule has 2 N–H and O–H groups in total. The van der Waals surface area contributed by atoms with Gasteiger partial charge in [0.15, 0.2) is 11.5 Å². The Morgan fingerprint density at radius 1 is 1.03 bits per heavy atom. The van der Waals surface area contributed by atoms with Gasteiger partial charge in [0.2, 0.25) is 15.9 Å². The first-order chi connectivity index (χ1) is 14.8. The molecule has 166 valence electrons. The summed E-state index contributed by atoms with van der Waals surface area (Å²) in [7, 11) is -4.08. The predicted molar refractivity (Wildman–Crippen MR) is 113 cm³/mol. The van der Waals surface area contributed by atoms with Gasteiger partial charge in [-0.2, -0.15) is 4.31 Å². The number of hydrogen-bond donors (Lipinski definition) is 2. The Hall–Kier alpha value is -3.11. The third-order valence-corrected chi connectivity index (χ3v) is 6.13. The quantitative estimate of drug-likeness (QED) is 0.670. The number of carbonyl (C=O) groups excluding carboxylic acids is 2. The molecule has 1 aliphatic rings. The van der Waals surface area contributed by atoms with E-state index in [1.165, 1.54) is 18.2 Å². The molecule has 0 fully saturated rings. The van der Waals surface area contributed by atoms with E-state index in [4.69, 9.17) is 9.47 Å². The highest BCUT2D eigenvalue weighted by Crippen LogP contribution is 2.33. The van der Waals surface area contributed by atoms with E-state index in [9.17, 15) is 18.0 Å². The van der Waals surface area contributed by atoms with Gasteiger partial charge in [-0.1, -0.05) is 30.3 Å². The second kappa shape index (κ2) is 9.80. The normalized spacial score (nSPS) is 13.2. The van der Waals surface area contributed by atoms with E-state index in [1.807, 2.05) is 6.07 Å². The van der Waals surface area contributed by atoms with Crippen molar-refractivity contribution in [2.45, 2.75) is 31.3 Å². The van der Waals surface area contributed by atoms with Crippen molar-refractivity contribution in [2.24, 2.45) is 0 Å². The summed E-state index contributed by atoms with van der Waals surface area (Å²) in [5, 5.41) is 4.69. The zero-order valence-electron chi connectivity index (χ0n) is 17.3. The lowest BCUT2D eigenvalue weighted by atomic mass is 10.2. The number of rotatable bonds is 7. The van der Waals surface area contributed by atoms with Crippen LogP contribution in [0.15, 0.2) is 53.4 Å². The summed E-state index contributed by atoms with van der Waals surface area (Å²) < 4.78 is 38.7. The molecule has 0 bridgehead atoms. The molecule has 0 atom stereocenters. The number of nitrogens with zero attached hydrogens (tertiary/aromatic N) is 1. The molecule has 0 radical (unpaired) electrons. The number of sulfonamides is 1. The molecule has 31 heavy (non-hydrogen) atoms. The van der Waals surface area contributed by atoms with E-state index >= 15 is 0 Å². The van der Waals surface area contributed by atoms with Crippen LogP contribution in [-0.2, 0) is 21.4 Å². The highest BCUT2D eigenvalue weighted by Gasteiger charge is 2.29. The monoisotopic (exact) mass is 447 g/mol. The van der Waals surface area contributed by atoms with Gasteiger partial charge >= 0.3 is 6.03 Å². The topological polar surface area (TPSA) is 114 Å². The minimum Gasteiger partial charge on any atom is -0.486 e. The van der Waals surface area contributed by atoms with Crippen molar-refractivity contribution >= 4 is 22.0 Å². The second-order valence-corrected chi connectivity index (χ2v) is 9.18. The van der Waals surface area contributed by atoms with Crippen molar-refractivity contribution in [3.05, 3.63) is 54.1 Å². The van der Waals surface area contributed by atoms with Gasteiger partial charge in [0, 0.05) is 18.7 Å². The fraction of sp³-hybridized carbons (Fsp3) is 0.333. The molecule has 10 heteroatoms. The number of carbonyl (C=O) groups is 2. The molecule has 3 amide bonds. The van der Waals surface area contributed by atoms with Crippen LogP contribution in [0.2, 0.25) is 0 Å². The van der Waals surface area contributed by atoms with Gasteiger partial charge in [-0.25, -0.2) is 13.2 Å². The van der Waals surface area contributed by atoms with Gasteiger partial charge in [-0.05, 0) is 31.5 Å². The number of amides is 3. The maximum Gasteiger partial charge on any atom is 0.321 e. The SMILES string of the molecule is CC(C)NC(=O)NC(=O)CN(Cc1ccccc1)S(=O)(=O)c1ccc2c(c1)OCCO2. The standard InChI is InChI=1S/C21H25N3O6S/c1-15(2)22-21(26)23-20(25)14-24(13-16-6-4-3-5-7-16)31(27,28)17-8-9-18-19(12-17)30-11-10-29-18/h3-9,12,15H,10-11,13-14H2,1-2H3,(H2,22,23,25,26). The maximum atomic E-state index is 13.4. The van der Waals surface area contributed by atoms with Crippen LogP contribution in [0, 0.1) is 0 Å². The van der Waals surface area contributed by atoms with Gasteiger partial charge < -0.3 is 14.8 Å². The van der Waals surface area contributed by atoms with Crippen molar-refractivity contribution in [1.29, 1.82) is 0 Å². The first kappa shape index (κ1) is 22.6. The number of hydrogen-bond acceptors (Lipinski definition) is 6. The van der Waals surface area contributed by atoms with Crippen LogP contribution in [0.4, 0.5) is 4.79 Å². The first-order valence-electron chi connectivity index (χ1n) is 9.80. The molecule has 0 unspecified atom stereocenters. The number of fused-ring (bicyclic) bond motifs is 1. The van der Waals surface area contributed by atoms with Gasteiger partial charge in [-0.15, -0.1) is 0 Å². The molecule has 0 aliphatic carbocycles. The molecule has 0 spiro atoms. The summed E-state index contributed by atoms with van der Waals surface area (Å²) in [4.78, 5) is 24.2. The smallest absolute Gasteiger partial charge is 0.321 e. The van der Waals surface area contributed by atoms with E-state index in [0.29, 0.717) is 30.3 Å². The van der Waals surface area contributed by atoms with Gasteiger partial charge in [-0.3, -0.25) is 10.1 Å². The summed E-state index contributed by atoms with van der Waals surface area (Å²) in [5.41, 5.74) is 0.697. The average molecular weight is 448 g/mol. The number of imide groups is 1. The Morgan fingerprint density at radius 3 is 2.39 bits per heavy atom. The van der Waals surface area contributed by atoms with Crippen LogP contribution in [0.3, 0.4) is 0 Å². The van der Waals surface area contributed by atoms with E-state index in [2.05, 4.69) is 10.6 Å². The second-order valence-electron chi connectivity index (χ2n) is 7.24. The van der Waals surface area contributed by atoms with E-state index in [0.717, 1.165) is 4.31 Å².